The van der Waals surface area contributed by atoms with E-state index in [1.807, 2.05) is 0 Å². The zero-order valence-corrected chi connectivity index (χ0v) is 9.89. The molecule has 2 aliphatic rings. The van der Waals surface area contributed by atoms with Gasteiger partial charge in [0, 0.05) is 13.1 Å². The quantitative estimate of drug-likeness (QED) is 0.788. The lowest BCUT2D eigenvalue weighted by molar-refractivity contribution is 0.346. The van der Waals surface area contributed by atoms with Crippen molar-refractivity contribution in [3.8, 4) is 0 Å². The Hall–Kier alpha value is -1.77. The number of nitrogens with one attached hydrogen (secondary N) is 1. The number of benzene rings is 1. The van der Waals surface area contributed by atoms with Crippen molar-refractivity contribution in [1.29, 1.82) is 0 Å². The highest BCUT2D eigenvalue weighted by Crippen LogP contribution is 2.17. The zero-order chi connectivity index (χ0) is 11.5. The number of rotatable bonds is 1. The second kappa shape index (κ2) is 4.62. The summed E-state index contributed by atoms with van der Waals surface area (Å²) in [6.45, 7) is 2.97. The van der Waals surface area contributed by atoms with Gasteiger partial charge in [0.1, 0.15) is 5.82 Å². The summed E-state index contributed by atoms with van der Waals surface area (Å²) >= 11 is 0. The van der Waals surface area contributed by atoms with Crippen LogP contribution in [0, 0.1) is 0 Å². The normalized spacial score (nSPS) is 19.1. The van der Waals surface area contributed by atoms with Crippen LogP contribution in [0.5, 0.6) is 0 Å². The van der Waals surface area contributed by atoms with Crippen molar-refractivity contribution < 1.29 is 0 Å². The molecule has 0 fully saturated rings. The third-order valence-corrected chi connectivity index (χ3v) is 3.45. The summed E-state index contributed by atoms with van der Waals surface area (Å²) in [7, 11) is 0. The second-order valence-electron chi connectivity index (χ2n) is 4.48. The van der Waals surface area contributed by atoms with Crippen molar-refractivity contribution in [3.63, 3.8) is 0 Å². The monoisotopic (exact) mass is 227 g/mol. The van der Waals surface area contributed by atoms with Crippen molar-refractivity contribution in [3.05, 3.63) is 47.3 Å². The van der Waals surface area contributed by atoms with Gasteiger partial charge in [-0.3, -0.25) is 4.99 Å². The van der Waals surface area contributed by atoms with Crippen LogP contribution in [0.1, 0.15) is 11.1 Å². The van der Waals surface area contributed by atoms with E-state index in [1.165, 1.54) is 16.9 Å². The highest BCUT2D eigenvalue weighted by molar-refractivity contribution is 5.58. The number of hydrogen-bond donors (Lipinski definition) is 1. The van der Waals surface area contributed by atoms with Crippen molar-refractivity contribution in [2.45, 2.75) is 12.8 Å². The van der Waals surface area contributed by atoms with Crippen LogP contribution in [0.4, 0.5) is 0 Å². The average Bonchev–Trinajstić information content (AvgIpc) is 2.62. The molecule has 17 heavy (non-hydrogen) atoms. The summed E-state index contributed by atoms with van der Waals surface area (Å²) in [6.07, 6.45) is 6.22. The number of aliphatic imine (C=N–C) groups is 1. The molecule has 2 heterocycles. The number of fused-ring (bicyclic) bond motifs is 1. The molecule has 0 saturated carbocycles. The fourth-order valence-corrected chi connectivity index (χ4v) is 2.49. The Morgan fingerprint density at radius 2 is 1.76 bits per heavy atom. The van der Waals surface area contributed by atoms with Crippen molar-refractivity contribution in [2.24, 2.45) is 4.99 Å². The molecule has 0 aromatic heterocycles. The molecular weight excluding hydrogens is 210 g/mol. The Kier molecular flexibility index (Phi) is 2.82. The molecule has 1 aromatic rings. The van der Waals surface area contributed by atoms with E-state index in [2.05, 4.69) is 45.6 Å². The van der Waals surface area contributed by atoms with E-state index in [0.717, 1.165) is 32.5 Å². The van der Waals surface area contributed by atoms with Gasteiger partial charge in [0.05, 0.1) is 12.9 Å². The lowest BCUT2D eigenvalue weighted by atomic mass is 10.0. The van der Waals surface area contributed by atoms with E-state index >= 15 is 0 Å². The van der Waals surface area contributed by atoms with Gasteiger partial charge in [0.25, 0.3) is 0 Å². The van der Waals surface area contributed by atoms with Gasteiger partial charge in [-0.2, -0.15) is 0 Å². The lowest BCUT2D eigenvalue weighted by Crippen LogP contribution is -2.34. The van der Waals surface area contributed by atoms with Gasteiger partial charge < -0.3 is 10.2 Å². The molecule has 1 N–H and O–H groups in total. The maximum Gasteiger partial charge on any atom is 0.104 e. The topological polar surface area (TPSA) is 27.6 Å². The minimum atomic E-state index is 0.797. The molecule has 0 atom stereocenters. The van der Waals surface area contributed by atoms with Gasteiger partial charge in [-0.1, -0.05) is 24.3 Å². The molecule has 3 nitrogen and oxygen atoms in total. The van der Waals surface area contributed by atoms with Gasteiger partial charge in [-0.05, 0) is 30.0 Å². The van der Waals surface area contributed by atoms with E-state index in [4.69, 9.17) is 0 Å². The fraction of sp³-hybridized carbons (Fsp3) is 0.357. The van der Waals surface area contributed by atoms with Crippen LogP contribution in [0.15, 0.2) is 41.2 Å². The molecule has 0 radical (unpaired) electrons. The van der Waals surface area contributed by atoms with Crippen LogP contribution in [0.2, 0.25) is 0 Å². The molecule has 0 spiro atoms. The van der Waals surface area contributed by atoms with Crippen LogP contribution in [-0.4, -0.2) is 30.9 Å². The Balaban J connectivity index is 1.75. The van der Waals surface area contributed by atoms with Crippen LogP contribution < -0.4 is 5.32 Å². The van der Waals surface area contributed by atoms with Crippen molar-refractivity contribution in [1.82, 2.24) is 10.2 Å². The maximum atomic E-state index is 4.15. The molecule has 1 aromatic carbocycles. The lowest BCUT2D eigenvalue weighted by Gasteiger charge is -2.26. The predicted molar refractivity (Wildman–Crippen MR) is 70.0 cm³/mol. The molecule has 0 bridgehead atoms. The Labute approximate surface area is 102 Å². The Morgan fingerprint density at radius 1 is 1.06 bits per heavy atom. The van der Waals surface area contributed by atoms with Crippen LogP contribution >= 0.6 is 0 Å². The molecule has 0 aliphatic carbocycles. The summed E-state index contributed by atoms with van der Waals surface area (Å²) in [4.78, 5) is 6.57. The third-order valence-electron chi connectivity index (χ3n) is 3.45. The first kappa shape index (κ1) is 10.4. The van der Waals surface area contributed by atoms with E-state index in [1.54, 1.807) is 6.34 Å². The first-order valence-electron chi connectivity index (χ1n) is 6.20. The predicted octanol–water partition coefficient (Wildman–Crippen LogP) is 1.56. The molecular formula is C14H17N3. The summed E-state index contributed by atoms with van der Waals surface area (Å²) in [5.74, 6) is 1.22. The first-order chi connectivity index (χ1) is 8.43. The summed E-state index contributed by atoms with van der Waals surface area (Å²) in [6, 6.07) is 8.78. The summed E-state index contributed by atoms with van der Waals surface area (Å²) in [5, 5.41) is 3.24. The molecule has 0 saturated heterocycles. The molecule has 0 amide bonds. The molecule has 2 aliphatic heterocycles. The van der Waals surface area contributed by atoms with Crippen molar-refractivity contribution >= 4 is 6.34 Å². The maximum absolute atomic E-state index is 4.15. The van der Waals surface area contributed by atoms with E-state index in [0.29, 0.717) is 0 Å². The summed E-state index contributed by atoms with van der Waals surface area (Å²) < 4.78 is 0. The highest BCUT2D eigenvalue weighted by atomic mass is 15.2. The van der Waals surface area contributed by atoms with Crippen LogP contribution in [0.25, 0.3) is 0 Å². The molecule has 3 heteroatoms. The van der Waals surface area contributed by atoms with E-state index < -0.39 is 0 Å². The van der Waals surface area contributed by atoms with E-state index in [9.17, 15) is 0 Å². The van der Waals surface area contributed by atoms with Crippen LogP contribution in [-0.2, 0) is 12.8 Å². The van der Waals surface area contributed by atoms with Gasteiger partial charge in [-0.15, -0.1) is 0 Å². The molecule has 88 valence electrons. The smallest absolute Gasteiger partial charge is 0.104 e. The SMILES string of the molecule is C1=NCC=C(N2CCc3ccccc3CC2)N1. The molecule has 0 unspecified atom stereocenters. The van der Waals surface area contributed by atoms with E-state index in [-0.39, 0.29) is 0 Å². The molecule has 3 rings (SSSR count). The standard InChI is InChI=1S/C14H17N3/c1-2-4-13-7-10-17(9-6-12(13)3-1)14-5-8-15-11-16-14/h1-5,11H,6-10H2,(H,15,16). The Bertz CT molecular complexity index is 435. The van der Waals surface area contributed by atoms with Gasteiger partial charge >= 0.3 is 0 Å². The first-order valence-corrected chi connectivity index (χ1v) is 6.20. The minimum absolute atomic E-state index is 0.797. The number of nitrogens with zero attached hydrogens (tertiary/aromatic N) is 2. The fourth-order valence-electron chi connectivity index (χ4n) is 2.49. The third kappa shape index (κ3) is 2.18. The largest absolute Gasteiger partial charge is 0.358 e. The number of hydrogen-bond acceptors (Lipinski definition) is 3. The average molecular weight is 227 g/mol. The zero-order valence-electron chi connectivity index (χ0n) is 9.89. The Morgan fingerprint density at radius 3 is 2.35 bits per heavy atom. The summed E-state index contributed by atoms with van der Waals surface area (Å²) in [5.41, 5.74) is 3.00. The highest BCUT2D eigenvalue weighted by Gasteiger charge is 2.15. The second-order valence-corrected chi connectivity index (χ2v) is 4.48. The van der Waals surface area contributed by atoms with Gasteiger partial charge in [0.15, 0.2) is 0 Å². The minimum Gasteiger partial charge on any atom is -0.358 e. The van der Waals surface area contributed by atoms with Crippen LogP contribution in [0.3, 0.4) is 0 Å². The van der Waals surface area contributed by atoms with Gasteiger partial charge in [-0.25, -0.2) is 0 Å². The van der Waals surface area contributed by atoms with Crippen molar-refractivity contribution in [2.75, 3.05) is 19.6 Å². The van der Waals surface area contributed by atoms with Gasteiger partial charge in [0.2, 0.25) is 0 Å².